The van der Waals surface area contributed by atoms with Gasteiger partial charge in [-0.25, -0.2) is 18.4 Å². The second kappa shape index (κ2) is 8.59. The molecule has 0 radical (unpaired) electrons. The second-order valence-electron chi connectivity index (χ2n) is 6.63. The maximum atomic E-state index is 11.9. The molecule has 26 heavy (non-hydrogen) atoms. The SMILES string of the molecule is CCS(=O)(=O)CCN1Cc2ccnn2CC(CCNc2ncccn2)C1. The van der Waals surface area contributed by atoms with Gasteiger partial charge in [-0.05, 0) is 24.5 Å². The number of hydrogen-bond donors (Lipinski definition) is 1. The van der Waals surface area contributed by atoms with E-state index in [2.05, 4.69) is 25.3 Å². The lowest BCUT2D eigenvalue weighted by Gasteiger charge is -2.23. The summed E-state index contributed by atoms with van der Waals surface area (Å²) in [7, 11) is -2.96. The summed E-state index contributed by atoms with van der Waals surface area (Å²) < 4.78 is 25.8. The molecule has 9 heteroatoms. The Bertz CT molecular complexity index is 793. The van der Waals surface area contributed by atoms with Crippen LogP contribution in [0.1, 0.15) is 19.0 Å². The summed E-state index contributed by atoms with van der Waals surface area (Å²) in [6.07, 6.45) is 6.18. The van der Waals surface area contributed by atoms with E-state index >= 15 is 0 Å². The molecular weight excluding hydrogens is 352 g/mol. The maximum Gasteiger partial charge on any atom is 0.222 e. The molecule has 1 aliphatic heterocycles. The van der Waals surface area contributed by atoms with Crippen LogP contribution in [0, 0.1) is 5.92 Å². The van der Waals surface area contributed by atoms with Crippen molar-refractivity contribution in [2.24, 2.45) is 5.92 Å². The number of nitrogens with zero attached hydrogens (tertiary/aromatic N) is 5. The minimum atomic E-state index is -2.96. The normalized spacial score (nSPS) is 18.3. The van der Waals surface area contributed by atoms with Crippen LogP contribution in [-0.2, 0) is 22.9 Å². The van der Waals surface area contributed by atoms with Gasteiger partial charge >= 0.3 is 0 Å². The number of sulfone groups is 1. The third-order valence-corrected chi connectivity index (χ3v) is 6.38. The van der Waals surface area contributed by atoms with Gasteiger partial charge in [0.15, 0.2) is 9.84 Å². The van der Waals surface area contributed by atoms with Crippen LogP contribution in [0.5, 0.6) is 0 Å². The molecule has 142 valence electrons. The van der Waals surface area contributed by atoms with E-state index in [9.17, 15) is 8.42 Å². The summed E-state index contributed by atoms with van der Waals surface area (Å²) >= 11 is 0. The average Bonchev–Trinajstić information content (AvgIpc) is 3.00. The topological polar surface area (TPSA) is 93.0 Å². The first-order valence-electron chi connectivity index (χ1n) is 9.00. The van der Waals surface area contributed by atoms with E-state index < -0.39 is 9.84 Å². The van der Waals surface area contributed by atoms with Gasteiger partial charge in [-0.1, -0.05) is 6.92 Å². The molecule has 8 nitrogen and oxygen atoms in total. The van der Waals surface area contributed by atoms with E-state index in [1.54, 1.807) is 25.4 Å². The number of anilines is 1. The zero-order valence-electron chi connectivity index (χ0n) is 15.1. The Hall–Kier alpha value is -2.00. The fourth-order valence-corrected chi connectivity index (χ4v) is 3.99. The molecule has 1 atom stereocenters. The van der Waals surface area contributed by atoms with Gasteiger partial charge in [-0.2, -0.15) is 5.10 Å². The third kappa shape index (κ3) is 5.25. The van der Waals surface area contributed by atoms with Crippen molar-refractivity contribution in [1.29, 1.82) is 0 Å². The number of hydrogen-bond acceptors (Lipinski definition) is 7. The van der Waals surface area contributed by atoms with Crippen molar-refractivity contribution in [1.82, 2.24) is 24.6 Å². The van der Waals surface area contributed by atoms with Crippen LogP contribution in [0.2, 0.25) is 0 Å². The molecule has 1 unspecified atom stereocenters. The fraction of sp³-hybridized carbons (Fsp3) is 0.588. The summed E-state index contributed by atoms with van der Waals surface area (Å²) in [5.41, 5.74) is 1.14. The molecule has 0 aliphatic carbocycles. The Balaban J connectivity index is 1.59. The van der Waals surface area contributed by atoms with E-state index in [1.165, 1.54) is 0 Å². The van der Waals surface area contributed by atoms with Gasteiger partial charge in [-0.3, -0.25) is 9.58 Å². The van der Waals surface area contributed by atoms with Crippen molar-refractivity contribution >= 4 is 15.8 Å². The molecular formula is C17H26N6O2S. The van der Waals surface area contributed by atoms with Crippen LogP contribution in [0.25, 0.3) is 0 Å². The maximum absolute atomic E-state index is 11.9. The van der Waals surface area contributed by atoms with Gasteiger partial charge in [-0.15, -0.1) is 0 Å². The molecule has 0 bridgehead atoms. The first-order chi connectivity index (χ1) is 12.6. The zero-order chi connectivity index (χ0) is 18.4. The lowest BCUT2D eigenvalue weighted by Crippen LogP contribution is -2.33. The molecule has 0 aromatic carbocycles. The highest BCUT2D eigenvalue weighted by Gasteiger charge is 2.23. The predicted molar refractivity (Wildman–Crippen MR) is 100 cm³/mol. The third-order valence-electron chi connectivity index (χ3n) is 4.70. The summed E-state index contributed by atoms with van der Waals surface area (Å²) in [6.45, 7) is 5.48. The van der Waals surface area contributed by atoms with Crippen molar-refractivity contribution in [3.8, 4) is 0 Å². The van der Waals surface area contributed by atoms with E-state index in [0.717, 1.165) is 38.3 Å². The van der Waals surface area contributed by atoms with Gasteiger partial charge in [0.2, 0.25) is 5.95 Å². The summed E-state index contributed by atoms with van der Waals surface area (Å²) in [5, 5.41) is 7.66. The summed E-state index contributed by atoms with van der Waals surface area (Å²) in [4.78, 5) is 10.6. The van der Waals surface area contributed by atoms with E-state index in [0.29, 0.717) is 18.4 Å². The average molecular weight is 379 g/mol. The van der Waals surface area contributed by atoms with Gasteiger partial charge < -0.3 is 5.32 Å². The Kier molecular flexibility index (Phi) is 6.20. The van der Waals surface area contributed by atoms with Crippen molar-refractivity contribution < 1.29 is 8.42 Å². The summed E-state index contributed by atoms with van der Waals surface area (Å²) in [6, 6.07) is 3.80. The molecule has 0 spiro atoms. The monoisotopic (exact) mass is 378 g/mol. The van der Waals surface area contributed by atoms with E-state index in [4.69, 9.17) is 0 Å². The Morgan fingerprint density at radius 1 is 1.23 bits per heavy atom. The first-order valence-corrected chi connectivity index (χ1v) is 10.8. The molecule has 3 rings (SSSR count). The minimum Gasteiger partial charge on any atom is -0.354 e. The van der Waals surface area contributed by atoms with Gasteiger partial charge in [0.1, 0.15) is 0 Å². The Morgan fingerprint density at radius 3 is 2.81 bits per heavy atom. The highest BCUT2D eigenvalue weighted by Crippen LogP contribution is 2.18. The lowest BCUT2D eigenvalue weighted by atomic mass is 10.1. The Morgan fingerprint density at radius 2 is 2.04 bits per heavy atom. The Labute approximate surface area is 154 Å². The largest absolute Gasteiger partial charge is 0.354 e. The van der Waals surface area contributed by atoms with Gasteiger partial charge in [0, 0.05) is 57.1 Å². The molecule has 0 amide bonds. The second-order valence-corrected chi connectivity index (χ2v) is 9.10. The fourth-order valence-electron chi connectivity index (χ4n) is 3.16. The first kappa shape index (κ1) is 18.8. The van der Waals surface area contributed by atoms with Crippen molar-refractivity contribution in [2.45, 2.75) is 26.4 Å². The van der Waals surface area contributed by atoms with Crippen molar-refractivity contribution in [3.63, 3.8) is 0 Å². The number of nitrogens with one attached hydrogen (secondary N) is 1. The smallest absolute Gasteiger partial charge is 0.222 e. The zero-order valence-corrected chi connectivity index (χ0v) is 15.9. The van der Waals surface area contributed by atoms with Crippen LogP contribution in [-0.4, -0.2) is 64.2 Å². The quantitative estimate of drug-likeness (QED) is 0.734. The highest BCUT2D eigenvalue weighted by atomic mass is 32.2. The number of rotatable bonds is 8. The van der Waals surface area contributed by atoms with E-state index in [1.807, 2.05) is 16.9 Å². The van der Waals surface area contributed by atoms with Crippen LogP contribution < -0.4 is 5.32 Å². The summed E-state index contributed by atoms with van der Waals surface area (Å²) in [5.74, 6) is 1.42. The molecule has 1 aliphatic rings. The van der Waals surface area contributed by atoms with Crippen LogP contribution in [0.3, 0.4) is 0 Å². The van der Waals surface area contributed by atoms with Crippen molar-refractivity contribution in [2.75, 3.05) is 36.5 Å². The molecule has 2 aromatic heterocycles. The van der Waals surface area contributed by atoms with Crippen molar-refractivity contribution in [3.05, 3.63) is 36.4 Å². The van der Waals surface area contributed by atoms with Crippen LogP contribution in [0.15, 0.2) is 30.7 Å². The van der Waals surface area contributed by atoms with E-state index in [-0.39, 0.29) is 11.5 Å². The molecule has 3 heterocycles. The predicted octanol–water partition coefficient (Wildman–Crippen LogP) is 1.04. The standard InChI is InChI=1S/C17H26N6O2S/c1-2-26(24,25)11-10-22-12-15(13-23-16(14-22)5-9-21-23)4-8-20-17-18-6-3-7-19-17/h3,5-7,9,15H,2,4,8,10-14H2,1H3,(H,18,19,20). The van der Waals surface area contributed by atoms with Crippen LogP contribution in [0.4, 0.5) is 5.95 Å². The minimum absolute atomic E-state index is 0.198. The van der Waals surface area contributed by atoms with Gasteiger partial charge in [0.25, 0.3) is 0 Å². The van der Waals surface area contributed by atoms with Gasteiger partial charge in [0.05, 0.1) is 11.4 Å². The molecule has 0 saturated heterocycles. The lowest BCUT2D eigenvalue weighted by molar-refractivity contribution is 0.236. The molecule has 0 fully saturated rings. The highest BCUT2D eigenvalue weighted by molar-refractivity contribution is 7.91. The molecule has 0 saturated carbocycles. The van der Waals surface area contributed by atoms with Crippen LogP contribution >= 0.6 is 0 Å². The molecule has 1 N–H and O–H groups in total. The molecule has 2 aromatic rings. The number of aromatic nitrogens is 4. The number of fused-ring (bicyclic) bond motifs is 1.